The van der Waals surface area contributed by atoms with Crippen LogP contribution in [0.5, 0.6) is 5.75 Å². The van der Waals surface area contributed by atoms with Gasteiger partial charge in [-0.15, -0.1) is 0 Å². The maximum atomic E-state index is 13.2. The molecule has 5 rings (SSSR count). The Labute approximate surface area is 194 Å². The monoisotopic (exact) mass is 448 g/mol. The van der Waals surface area contributed by atoms with E-state index < -0.39 is 0 Å². The van der Waals surface area contributed by atoms with Crippen LogP contribution in [0.3, 0.4) is 0 Å². The van der Waals surface area contributed by atoms with Crippen LogP contribution in [0.25, 0.3) is 0 Å². The molecule has 1 aliphatic heterocycles. The van der Waals surface area contributed by atoms with Crippen molar-refractivity contribution in [2.24, 2.45) is 11.3 Å². The lowest BCUT2D eigenvalue weighted by Gasteiger charge is -2.57. The summed E-state index contributed by atoms with van der Waals surface area (Å²) in [4.78, 5) is 31.6. The maximum absolute atomic E-state index is 13.2. The molecule has 7 nitrogen and oxygen atoms in total. The lowest BCUT2D eigenvalue weighted by molar-refractivity contribution is -0.150. The van der Waals surface area contributed by atoms with Crippen molar-refractivity contribution in [2.75, 3.05) is 13.7 Å². The van der Waals surface area contributed by atoms with Crippen molar-refractivity contribution in [1.29, 1.82) is 0 Å². The van der Waals surface area contributed by atoms with Crippen LogP contribution in [-0.4, -0.2) is 41.5 Å². The Hall–Kier alpha value is -3.09. The van der Waals surface area contributed by atoms with Crippen LogP contribution in [0.15, 0.2) is 48.8 Å². The van der Waals surface area contributed by atoms with Gasteiger partial charge in [0.05, 0.1) is 13.2 Å². The molecule has 2 aromatic rings. The molecule has 1 saturated heterocycles. The van der Waals surface area contributed by atoms with Crippen molar-refractivity contribution in [3.63, 3.8) is 0 Å². The molecule has 33 heavy (non-hydrogen) atoms. The zero-order valence-corrected chi connectivity index (χ0v) is 19.1. The van der Waals surface area contributed by atoms with Gasteiger partial charge in [0.15, 0.2) is 0 Å². The van der Waals surface area contributed by atoms with Gasteiger partial charge in [-0.05, 0) is 79.3 Å². The van der Waals surface area contributed by atoms with Crippen molar-refractivity contribution in [3.8, 4) is 5.75 Å². The number of benzene rings is 1. The van der Waals surface area contributed by atoms with Crippen LogP contribution in [0.1, 0.15) is 55.7 Å². The first kappa shape index (κ1) is 21.7. The van der Waals surface area contributed by atoms with E-state index in [0.717, 1.165) is 56.4 Å². The average Bonchev–Trinajstić information content (AvgIpc) is 3.29. The van der Waals surface area contributed by atoms with Gasteiger partial charge in [0.1, 0.15) is 5.75 Å². The summed E-state index contributed by atoms with van der Waals surface area (Å²) in [6.45, 7) is 1.34. The number of likely N-dealkylation sites (tertiary alicyclic amines) is 1. The largest absolute Gasteiger partial charge is 0.497 e. The highest BCUT2D eigenvalue weighted by Gasteiger charge is 2.56. The van der Waals surface area contributed by atoms with E-state index in [1.807, 2.05) is 48.8 Å². The number of nitrogens with one attached hydrogen (secondary N) is 2. The lowest BCUT2D eigenvalue weighted by atomic mass is 9.50. The van der Waals surface area contributed by atoms with E-state index >= 15 is 0 Å². The highest BCUT2D eigenvalue weighted by Crippen LogP contribution is 2.59. The fourth-order valence-electron chi connectivity index (χ4n) is 5.94. The van der Waals surface area contributed by atoms with Crippen LogP contribution in [0.2, 0.25) is 0 Å². The first-order chi connectivity index (χ1) is 16.0. The van der Waals surface area contributed by atoms with E-state index in [0.29, 0.717) is 12.5 Å². The van der Waals surface area contributed by atoms with Crippen LogP contribution in [0, 0.1) is 11.3 Å². The molecule has 2 heterocycles. The van der Waals surface area contributed by atoms with E-state index in [1.165, 1.54) is 5.56 Å². The minimum Gasteiger partial charge on any atom is -0.497 e. The predicted molar refractivity (Wildman–Crippen MR) is 124 cm³/mol. The van der Waals surface area contributed by atoms with Gasteiger partial charge in [0.2, 0.25) is 5.91 Å². The van der Waals surface area contributed by atoms with Gasteiger partial charge in [-0.25, -0.2) is 4.79 Å². The molecule has 7 heteroatoms. The minimum absolute atomic E-state index is 0.130. The molecule has 2 saturated carbocycles. The topological polar surface area (TPSA) is 83.6 Å². The normalized spacial score (nSPS) is 28.0. The molecule has 1 spiro atoms. The number of methoxy groups -OCH3 is 1. The average molecular weight is 449 g/mol. The van der Waals surface area contributed by atoms with Crippen LogP contribution >= 0.6 is 0 Å². The quantitative estimate of drug-likeness (QED) is 0.704. The molecule has 1 aromatic carbocycles. The molecule has 0 radical (unpaired) electrons. The third-order valence-corrected chi connectivity index (χ3v) is 7.64. The van der Waals surface area contributed by atoms with E-state index in [1.54, 1.807) is 7.11 Å². The number of carbonyl (C=O) groups is 2. The van der Waals surface area contributed by atoms with Crippen molar-refractivity contribution in [2.45, 2.75) is 57.2 Å². The summed E-state index contributed by atoms with van der Waals surface area (Å²) in [5.74, 6) is 1.25. The van der Waals surface area contributed by atoms with Gasteiger partial charge < -0.3 is 20.3 Å². The highest BCUT2D eigenvalue weighted by atomic mass is 16.5. The standard InChI is InChI=1S/C26H32N4O3/c1-33-22-6-4-18(5-7-22)17-28-25(32)29-21-15-26(16-21)13-20(14-26)24(31)30-12-2-3-23(30)19-8-10-27-11-9-19/h4-11,20-21,23H,2-3,12-17H2,1H3,(H2,28,29,32). The third kappa shape index (κ3) is 4.54. The fraction of sp³-hybridized carbons (Fsp3) is 0.500. The lowest BCUT2D eigenvalue weighted by Crippen LogP contribution is -2.59. The second-order valence-electron chi connectivity index (χ2n) is 9.86. The zero-order chi connectivity index (χ0) is 22.8. The predicted octanol–water partition coefficient (Wildman–Crippen LogP) is 3.81. The number of ether oxygens (including phenoxy) is 1. The number of amides is 3. The number of hydrogen-bond acceptors (Lipinski definition) is 4. The van der Waals surface area contributed by atoms with Gasteiger partial charge in [-0.1, -0.05) is 12.1 Å². The Morgan fingerprint density at radius 2 is 1.82 bits per heavy atom. The van der Waals surface area contributed by atoms with Gasteiger partial charge in [0, 0.05) is 37.4 Å². The van der Waals surface area contributed by atoms with Gasteiger partial charge in [-0.2, -0.15) is 0 Å². The fourth-order valence-corrected chi connectivity index (χ4v) is 5.94. The van der Waals surface area contributed by atoms with Crippen molar-refractivity contribution >= 4 is 11.9 Å². The third-order valence-electron chi connectivity index (χ3n) is 7.64. The second-order valence-corrected chi connectivity index (χ2v) is 9.86. The Balaban J connectivity index is 1.04. The van der Waals surface area contributed by atoms with Crippen LogP contribution in [-0.2, 0) is 11.3 Å². The first-order valence-electron chi connectivity index (χ1n) is 11.9. The molecule has 2 aliphatic carbocycles. The van der Waals surface area contributed by atoms with E-state index in [4.69, 9.17) is 4.74 Å². The first-order valence-corrected chi connectivity index (χ1v) is 11.9. The van der Waals surface area contributed by atoms with E-state index in [-0.39, 0.29) is 29.4 Å². The number of urea groups is 1. The number of pyridine rings is 1. The number of rotatable bonds is 6. The molecular formula is C26H32N4O3. The Morgan fingerprint density at radius 1 is 1.09 bits per heavy atom. The van der Waals surface area contributed by atoms with Crippen LogP contribution < -0.4 is 15.4 Å². The Bertz CT molecular complexity index is 980. The number of hydrogen-bond donors (Lipinski definition) is 2. The SMILES string of the molecule is COc1ccc(CNC(=O)NC2CC3(C2)CC(C(=O)N2CCCC2c2ccncc2)C3)cc1. The summed E-state index contributed by atoms with van der Waals surface area (Å²) < 4.78 is 5.16. The summed E-state index contributed by atoms with van der Waals surface area (Å²) in [5, 5.41) is 6.01. The summed E-state index contributed by atoms with van der Waals surface area (Å²) in [7, 11) is 1.64. The molecule has 3 aliphatic rings. The maximum Gasteiger partial charge on any atom is 0.315 e. The molecule has 3 amide bonds. The van der Waals surface area contributed by atoms with Crippen LogP contribution in [0.4, 0.5) is 4.79 Å². The van der Waals surface area contributed by atoms with Crippen molar-refractivity contribution in [1.82, 2.24) is 20.5 Å². The molecule has 2 N–H and O–H groups in total. The highest BCUT2D eigenvalue weighted by molar-refractivity contribution is 5.81. The van der Waals surface area contributed by atoms with Crippen molar-refractivity contribution in [3.05, 3.63) is 59.9 Å². The molecule has 3 fully saturated rings. The summed E-state index contributed by atoms with van der Waals surface area (Å²) >= 11 is 0. The number of nitrogens with zero attached hydrogens (tertiary/aromatic N) is 2. The zero-order valence-electron chi connectivity index (χ0n) is 19.1. The number of carbonyl (C=O) groups excluding carboxylic acids is 2. The Morgan fingerprint density at radius 3 is 2.52 bits per heavy atom. The van der Waals surface area contributed by atoms with E-state index in [2.05, 4.69) is 20.5 Å². The summed E-state index contributed by atoms with van der Waals surface area (Å²) in [6, 6.07) is 12.0. The van der Waals surface area contributed by atoms with Crippen molar-refractivity contribution < 1.29 is 14.3 Å². The summed E-state index contributed by atoms with van der Waals surface area (Å²) in [5.41, 5.74) is 2.47. The van der Waals surface area contributed by atoms with E-state index in [9.17, 15) is 9.59 Å². The minimum atomic E-state index is -0.130. The summed E-state index contributed by atoms with van der Waals surface area (Å²) in [6.07, 6.45) is 9.57. The smallest absolute Gasteiger partial charge is 0.315 e. The number of aromatic nitrogens is 1. The second kappa shape index (κ2) is 9.04. The van der Waals surface area contributed by atoms with Gasteiger partial charge in [-0.3, -0.25) is 9.78 Å². The molecule has 174 valence electrons. The molecule has 1 unspecified atom stereocenters. The van der Waals surface area contributed by atoms with Gasteiger partial charge >= 0.3 is 6.03 Å². The molecule has 1 aromatic heterocycles. The molecule has 0 bridgehead atoms. The Kier molecular flexibility index (Phi) is 5.96. The molecular weight excluding hydrogens is 416 g/mol. The van der Waals surface area contributed by atoms with Gasteiger partial charge in [0.25, 0.3) is 0 Å². The molecule has 1 atom stereocenters.